The quantitative estimate of drug-likeness (QED) is 0.271. The Morgan fingerprint density at radius 3 is 2.53 bits per heavy atom. The lowest BCUT2D eigenvalue weighted by Crippen LogP contribution is -2.14. The molecule has 4 rings (SSSR count). The maximum absolute atomic E-state index is 13.2. The van der Waals surface area contributed by atoms with E-state index in [0.717, 1.165) is 0 Å². The van der Waals surface area contributed by atoms with Crippen LogP contribution in [0.1, 0.15) is 10.4 Å². The van der Waals surface area contributed by atoms with Gasteiger partial charge in [0.05, 0.1) is 44.9 Å². The van der Waals surface area contributed by atoms with Crippen molar-refractivity contribution in [2.24, 2.45) is 0 Å². The summed E-state index contributed by atoms with van der Waals surface area (Å²) in [7, 11) is 1.41. The fourth-order valence-electron chi connectivity index (χ4n) is 3.25. The number of hydrogen-bond acceptors (Lipinski definition) is 5. The molecule has 1 amide bonds. The van der Waals surface area contributed by atoms with E-state index >= 15 is 0 Å². The van der Waals surface area contributed by atoms with E-state index in [1.165, 1.54) is 25.3 Å². The number of amides is 1. The van der Waals surface area contributed by atoms with Gasteiger partial charge >= 0.3 is 0 Å². The average Bonchev–Trinajstić information content (AvgIpc) is 2.80. The van der Waals surface area contributed by atoms with Crippen molar-refractivity contribution in [1.29, 1.82) is 0 Å². The van der Waals surface area contributed by atoms with Gasteiger partial charge in [0, 0.05) is 10.9 Å². The molecule has 0 aliphatic carbocycles. The first-order chi connectivity index (χ1) is 15.4. The Morgan fingerprint density at radius 1 is 1.03 bits per heavy atom. The number of fused-ring (bicyclic) bond motifs is 1. The highest BCUT2D eigenvalue weighted by Crippen LogP contribution is 2.32. The van der Waals surface area contributed by atoms with Crippen LogP contribution in [0.3, 0.4) is 0 Å². The highest BCUT2D eigenvalue weighted by molar-refractivity contribution is 6.42. The summed E-state index contributed by atoms with van der Waals surface area (Å²) in [6.45, 7) is 0. The van der Waals surface area contributed by atoms with Crippen molar-refractivity contribution in [1.82, 2.24) is 4.98 Å². The van der Waals surface area contributed by atoms with Crippen molar-refractivity contribution in [2.75, 3.05) is 12.4 Å². The normalized spacial score (nSPS) is 10.7. The van der Waals surface area contributed by atoms with Gasteiger partial charge in [0.25, 0.3) is 11.6 Å². The van der Waals surface area contributed by atoms with Crippen molar-refractivity contribution in [3.8, 4) is 17.0 Å². The number of pyridine rings is 1. The van der Waals surface area contributed by atoms with Crippen molar-refractivity contribution in [2.45, 2.75) is 0 Å². The highest BCUT2D eigenvalue weighted by atomic mass is 35.5. The minimum absolute atomic E-state index is 0.0535. The molecule has 0 spiro atoms. The van der Waals surface area contributed by atoms with Crippen molar-refractivity contribution >= 4 is 51.4 Å². The zero-order valence-electron chi connectivity index (χ0n) is 16.6. The lowest BCUT2D eigenvalue weighted by atomic mass is 10.0. The van der Waals surface area contributed by atoms with Gasteiger partial charge in [-0.15, -0.1) is 0 Å². The van der Waals surface area contributed by atoms with E-state index in [9.17, 15) is 14.9 Å². The standard InChI is InChI=1S/C23H15Cl2N3O4/c1-32-14-7-9-20(22(11-14)28(30)31)27-23(29)16-12-21(13-6-8-17(24)18(25)10-13)26-19-5-3-2-4-15(16)19/h2-12H,1H3,(H,27,29). The van der Waals surface area contributed by atoms with Crippen LogP contribution in [0.25, 0.3) is 22.2 Å². The minimum atomic E-state index is -0.579. The largest absolute Gasteiger partial charge is 0.496 e. The third-order valence-corrected chi connectivity index (χ3v) is 5.56. The molecule has 0 unspecified atom stereocenters. The van der Waals surface area contributed by atoms with Crippen LogP contribution in [-0.4, -0.2) is 22.9 Å². The number of nitrogens with zero attached hydrogens (tertiary/aromatic N) is 2. The Kier molecular flexibility index (Phi) is 5.94. The van der Waals surface area contributed by atoms with Crippen LogP contribution in [0.4, 0.5) is 11.4 Å². The van der Waals surface area contributed by atoms with Crippen LogP contribution in [-0.2, 0) is 0 Å². The average molecular weight is 468 g/mol. The Hall–Kier alpha value is -3.68. The van der Waals surface area contributed by atoms with E-state index in [-0.39, 0.29) is 11.4 Å². The van der Waals surface area contributed by atoms with Crippen LogP contribution in [0.15, 0.2) is 66.7 Å². The fourth-order valence-corrected chi connectivity index (χ4v) is 3.55. The number of nitrogens with one attached hydrogen (secondary N) is 1. The monoisotopic (exact) mass is 467 g/mol. The molecule has 3 aromatic carbocycles. The Labute approximate surface area is 192 Å². The first-order valence-electron chi connectivity index (χ1n) is 9.36. The Morgan fingerprint density at radius 2 is 1.81 bits per heavy atom. The Bertz CT molecular complexity index is 1370. The topological polar surface area (TPSA) is 94.4 Å². The van der Waals surface area contributed by atoms with Gasteiger partial charge in [0.2, 0.25) is 0 Å². The van der Waals surface area contributed by atoms with Gasteiger partial charge in [-0.05, 0) is 36.4 Å². The number of methoxy groups -OCH3 is 1. The molecule has 0 saturated heterocycles. The molecule has 32 heavy (non-hydrogen) atoms. The second-order valence-electron chi connectivity index (χ2n) is 6.80. The lowest BCUT2D eigenvalue weighted by Gasteiger charge is -2.12. The smallest absolute Gasteiger partial charge is 0.296 e. The third-order valence-electron chi connectivity index (χ3n) is 4.83. The fraction of sp³-hybridized carbons (Fsp3) is 0.0435. The molecular formula is C23H15Cl2N3O4. The van der Waals surface area contributed by atoms with Crippen LogP contribution in [0, 0.1) is 10.1 Å². The summed E-state index contributed by atoms with van der Waals surface area (Å²) < 4.78 is 5.04. The first kappa shape index (κ1) is 21.5. The van der Waals surface area contributed by atoms with E-state index in [1.807, 2.05) is 6.07 Å². The van der Waals surface area contributed by atoms with E-state index in [2.05, 4.69) is 10.3 Å². The summed E-state index contributed by atoms with van der Waals surface area (Å²) >= 11 is 12.2. The van der Waals surface area contributed by atoms with Crippen molar-refractivity contribution < 1.29 is 14.5 Å². The number of halogens is 2. The molecule has 0 radical (unpaired) electrons. The number of ether oxygens (including phenoxy) is 1. The van der Waals surface area contributed by atoms with Gasteiger partial charge in [-0.1, -0.05) is 47.5 Å². The van der Waals surface area contributed by atoms with Gasteiger partial charge in [-0.2, -0.15) is 0 Å². The van der Waals surface area contributed by atoms with Gasteiger partial charge in [0.15, 0.2) is 0 Å². The van der Waals surface area contributed by atoms with Gasteiger partial charge < -0.3 is 10.1 Å². The van der Waals surface area contributed by atoms with Gasteiger partial charge in [-0.3, -0.25) is 14.9 Å². The second-order valence-corrected chi connectivity index (χ2v) is 7.61. The van der Waals surface area contributed by atoms with Gasteiger partial charge in [-0.25, -0.2) is 4.98 Å². The molecule has 1 heterocycles. The molecule has 1 aromatic heterocycles. The predicted molar refractivity (Wildman–Crippen MR) is 125 cm³/mol. The number of para-hydroxylation sites is 1. The summed E-state index contributed by atoms with van der Waals surface area (Å²) in [5.41, 5.74) is 1.86. The van der Waals surface area contributed by atoms with E-state index in [4.69, 9.17) is 27.9 Å². The summed E-state index contributed by atoms with van der Waals surface area (Å²) in [6.07, 6.45) is 0. The zero-order valence-corrected chi connectivity index (χ0v) is 18.1. The number of nitro groups is 1. The maximum Gasteiger partial charge on any atom is 0.296 e. The Balaban J connectivity index is 1.81. The molecule has 1 N–H and O–H groups in total. The maximum atomic E-state index is 13.2. The molecule has 9 heteroatoms. The lowest BCUT2D eigenvalue weighted by molar-refractivity contribution is -0.384. The number of carbonyl (C=O) groups excluding carboxylic acids is 1. The number of anilines is 1. The number of carbonyl (C=O) groups is 1. The SMILES string of the molecule is COc1ccc(NC(=O)c2cc(-c3ccc(Cl)c(Cl)c3)nc3ccccc23)c([N+](=O)[O-])c1. The number of rotatable bonds is 5. The van der Waals surface area contributed by atoms with Crippen LogP contribution >= 0.6 is 23.2 Å². The summed E-state index contributed by atoms with van der Waals surface area (Å²) in [6, 6.07) is 18.0. The molecule has 0 atom stereocenters. The molecule has 0 fully saturated rings. The second kappa shape index (κ2) is 8.82. The van der Waals surface area contributed by atoms with Gasteiger partial charge in [0.1, 0.15) is 11.4 Å². The predicted octanol–water partition coefficient (Wildman–Crippen LogP) is 6.38. The van der Waals surface area contributed by atoms with E-state index < -0.39 is 10.8 Å². The van der Waals surface area contributed by atoms with E-state index in [0.29, 0.717) is 43.5 Å². The number of aromatic nitrogens is 1. The zero-order chi connectivity index (χ0) is 22.8. The van der Waals surface area contributed by atoms with Crippen molar-refractivity contribution in [3.63, 3.8) is 0 Å². The molecule has 0 bridgehead atoms. The highest BCUT2D eigenvalue weighted by Gasteiger charge is 2.20. The molecule has 7 nitrogen and oxygen atoms in total. The summed E-state index contributed by atoms with van der Waals surface area (Å²) in [5, 5.41) is 15.5. The van der Waals surface area contributed by atoms with Crippen LogP contribution in [0.2, 0.25) is 10.0 Å². The molecule has 0 aliphatic rings. The van der Waals surface area contributed by atoms with Crippen molar-refractivity contribution in [3.05, 3.63) is 92.5 Å². The first-order valence-corrected chi connectivity index (χ1v) is 10.1. The number of benzene rings is 3. The molecule has 4 aromatic rings. The van der Waals surface area contributed by atoms with Crippen LogP contribution in [0.5, 0.6) is 5.75 Å². The number of nitro benzene ring substituents is 1. The molecule has 0 saturated carbocycles. The molecular weight excluding hydrogens is 453 g/mol. The minimum Gasteiger partial charge on any atom is -0.496 e. The molecule has 160 valence electrons. The number of hydrogen-bond donors (Lipinski definition) is 1. The third kappa shape index (κ3) is 4.21. The molecule has 0 aliphatic heterocycles. The summed E-state index contributed by atoms with van der Waals surface area (Å²) in [5.74, 6) is -0.204. The van der Waals surface area contributed by atoms with E-state index in [1.54, 1.807) is 42.5 Å². The summed E-state index contributed by atoms with van der Waals surface area (Å²) in [4.78, 5) is 28.8. The van der Waals surface area contributed by atoms with Crippen LogP contribution < -0.4 is 10.1 Å².